The van der Waals surface area contributed by atoms with Crippen molar-refractivity contribution >= 4 is 5.97 Å². The van der Waals surface area contributed by atoms with E-state index < -0.39 is 167 Å². The molecule has 9 aliphatic rings. The fourth-order valence-corrected chi connectivity index (χ4v) is 15.7. The van der Waals surface area contributed by atoms with Crippen molar-refractivity contribution in [2.24, 2.45) is 34.5 Å². The molecule has 5 aliphatic heterocycles. The quantitative estimate of drug-likeness (QED) is 0.0688. The zero-order valence-electron chi connectivity index (χ0n) is 47.8. The van der Waals surface area contributed by atoms with E-state index in [0.29, 0.717) is 24.2 Å². The van der Waals surface area contributed by atoms with E-state index in [1.807, 2.05) is 13.8 Å². The summed E-state index contributed by atoms with van der Waals surface area (Å²) in [6.45, 7) is 12.2. The second kappa shape index (κ2) is 25.7. The maximum absolute atomic E-state index is 12.1. The maximum atomic E-state index is 12.1. The van der Waals surface area contributed by atoms with Gasteiger partial charge in [0.05, 0.1) is 49.8 Å². The van der Waals surface area contributed by atoms with Crippen LogP contribution in [0.2, 0.25) is 0 Å². The Morgan fingerprint density at radius 2 is 1.26 bits per heavy atom. The summed E-state index contributed by atoms with van der Waals surface area (Å²) in [4.78, 5) is 12.1. The fourth-order valence-electron chi connectivity index (χ4n) is 15.7. The molecule has 9 rings (SSSR count). The van der Waals surface area contributed by atoms with Crippen molar-refractivity contribution in [1.82, 2.24) is 0 Å². The monoisotopic (exact) mass is 1150 g/mol. The summed E-state index contributed by atoms with van der Waals surface area (Å²) in [5.74, 6) is 0.964. The van der Waals surface area contributed by atoms with Gasteiger partial charge in [0.2, 0.25) is 0 Å². The van der Waals surface area contributed by atoms with Gasteiger partial charge in [-0.15, -0.1) is 0 Å². The summed E-state index contributed by atoms with van der Waals surface area (Å²) in [5.41, 5.74) is 1.38. The van der Waals surface area contributed by atoms with Crippen LogP contribution < -0.4 is 0 Å². The molecule has 0 amide bonds. The van der Waals surface area contributed by atoms with E-state index in [2.05, 4.69) is 19.9 Å². The summed E-state index contributed by atoms with van der Waals surface area (Å²) < 4.78 is 85.4. The molecule has 0 bridgehead atoms. The van der Waals surface area contributed by atoms with Crippen molar-refractivity contribution in [2.75, 3.05) is 34.5 Å². The van der Waals surface area contributed by atoms with Gasteiger partial charge in [-0.05, 0) is 114 Å². The minimum Gasteiger partial charge on any atom is -0.454 e. The number of hydrogen-bond acceptors (Lipinski definition) is 24. The van der Waals surface area contributed by atoms with Gasteiger partial charge in [0.15, 0.2) is 37.6 Å². The Bertz CT molecular complexity index is 2070. The normalized spacial score (nSPS) is 52.0. The fraction of sp³-hybridized carbons (Fsp3) is 0.946. The topological polar surface area (TPSA) is 328 Å². The van der Waals surface area contributed by atoms with E-state index in [1.54, 1.807) is 21.0 Å². The number of carbonyl (C=O) groups excluding carboxylic acids is 1. The predicted molar refractivity (Wildman–Crippen MR) is 274 cm³/mol. The molecule has 0 radical (unpaired) electrons. The molecule has 0 unspecified atom stereocenters. The minimum atomic E-state index is -1.81. The van der Waals surface area contributed by atoms with Crippen LogP contribution in [0.15, 0.2) is 11.6 Å². The number of ether oxygens (including phenoxy) is 14. The molecule has 4 aliphatic carbocycles. The third-order valence-corrected chi connectivity index (χ3v) is 20.2. The molecule has 0 spiro atoms. The molecule has 24 heteroatoms. The molecule has 9 N–H and O–H groups in total. The van der Waals surface area contributed by atoms with Crippen LogP contribution in [0.4, 0.5) is 0 Å². The highest BCUT2D eigenvalue weighted by molar-refractivity contribution is 5.66. The van der Waals surface area contributed by atoms with Crippen molar-refractivity contribution in [3.63, 3.8) is 0 Å². The summed E-state index contributed by atoms with van der Waals surface area (Å²) in [6.07, 6.45) is -18.1. The molecule has 0 aromatic heterocycles. The van der Waals surface area contributed by atoms with Gasteiger partial charge in [-0.25, -0.2) is 0 Å². The number of carbonyl (C=O) groups is 1. The SMILES string of the molecule is CO[C@H]1[C@@H](O)[C@@H](C)O[C@@H](O[C@H](C)[C@H]2CC[C@@H]3[C@@H]4CC=C5C[C@@H](O[C@H]6C[C@H](OC)[C@H](O[C@@H]7O[C@H](C)[C@@H](O)[C@H](OC)[C@H]7OC(C)=O)[C@@H](C)O6)CC[C@]5(C)[C@H]4CC[C@@]32C)[C@@H]1O[C@@H]1O[C@@H](CO[C@@H]2O[C@H](CO)[C@@H](O)[C@H](O)[C@H]2O)[C@@H](O)[C@H](O)[C@H]1O. The van der Waals surface area contributed by atoms with E-state index in [0.717, 1.165) is 51.4 Å². The summed E-state index contributed by atoms with van der Waals surface area (Å²) in [6, 6.07) is 0. The van der Waals surface area contributed by atoms with Crippen molar-refractivity contribution in [2.45, 2.75) is 266 Å². The third kappa shape index (κ3) is 12.1. The lowest BCUT2D eigenvalue weighted by Gasteiger charge is -2.58. The molecular formula is C56H92O24. The number of fused-ring (bicyclic) bond motifs is 5. The van der Waals surface area contributed by atoms with Crippen LogP contribution in [-0.2, 0) is 71.1 Å². The second-order valence-electron chi connectivity index (χ2n) is 24.7. The molecule has 0 aromatic rings. The Balaban J connectivity index is 0.819. The van der Waals surface area contributed by atoms with Crippen molar-refractivity contribution in [3.05, 3.63) is 11.6 Å². The van der Waals surface area contributed by atoms with Crippen LogP contribution in [-0.4, -0.2) is 246 Å². The van der Waals surface area contributed by atoms with E-state index in [4.69, 9.17) is 66.3 Å². The molecule has 3 saturated carbocycles. The Labute approximate surface area is 468 Å². The lowest BCUT2D eigenvalue weighted by molar-refractivity contribution is -0.376. The smallest absolute Gasteiger partial charge is 0.303 e. The van der Waals surface area contributed by atoms with E-state index in [9.17, 15) is 50.8 Å². The second-order valence-corrected chi connectivity index (χ2v) is 24.7. The van der Waals surface area contributed by atoms with Gasteiger partial charge in [-0.2, -0.15) is 0 Å². The van der Waals surface area contributed by atoms with Crippen molar-refractivity contribution in [3.8, 4) is 0 Å². The Morgan fingerprint density at radius 1 is 0.637 bits per heavy atom. The van der Waals surface area contributed by atoms with Crippen LogP contribution in [0, 0.1) is 34.5 Å². The Hall–Kier alpha value is -1.67. The molecule has 5 saturated heterocycles. The van der Waals surface area contributed by atoms with Gasteiger partial charge in [-0.3, -0.25) is 4.79 Å². The maximum Gasteiger partial charge on any atom is 0.303 e. The first kappa shape index (κ1) is 62.8. The highest BCUT2D eigenvalue weighted by Crippen LogP contribution is 2.67. The van der Waals surface area contributed by atoms with Crippen LogP contribution in [0.5, 0.6) is 0 Å². The van der Waals surface area contributed by atoms with Gasteiger partial charge in [0.1, 0.15) is 85.5 Å². The lowest BCUT2D eigenvalue weighted by atomic mass is 9.47. The first-order chi connectivity index (χ1) is 38.0. The first-order valence-electron chi connectivity index (χ1n) is 29.0. The number of methoxy groups -OCH3 is 3. The zero-order valence-corrected chi connectivity index (χ0v) is 47.8. The molecule has 460 valence electrons. The highest BCUT2D eigenvalue weighted by Gasteiger charge is 2.61. The number of hydrogen-bond donors (Lipinski definition) is 9. The molecule has 5 heterocycles. The van der Waals surface area contributed by atoms with Crippen LogP contribution >= 0.6 is 0 Å². The largest absolute Gasteiger partial charge is 0.454 e. The zero-order chi connectivity index (χ0) is 57.9. The lowest BCUT2D eigenvalue weighted by Crippen LogP contribution is -2.65. The molecule has 24 nitrogen and oxygen atoms in total. The van der Waals surface area contributed by atoms with Gasteiger partial charge < -0.3 is 112 Å². The van der Waals surface area contributed by atoms with Crippen LogP contribution in [0.3, 0.4) is 0 Å². The van der Waals surface area contributed by atoms with E-state index in [1.165, 1.54) is 26.7 Å². The molecular weight excluding hydrogens is 1060 g/mol. The van der Waals surface area contributed by atoms with Gasteiger partial charge in [0.25, 0.3) is 0 Å². The Kier molecular flexibility index (Phi) is 20.2. The third-order valence-electron chi connectivity index (χ3n) is 20.2. The molecule has 8 fully saturated rings. The predicted octanol–water partition coefficient (Wildman–Crippen LogP) is 0.0732. The molecule has 0 aromatic carbocycles. The number of rotatable bonds is 17. The number of aliphatic hydroxyl groups excluding tert-OH is 9. The number of allylic oxidation sites excluding steroid dienone is 1. The summed E-state index contributed by atoms with van der Waals surface area (Å²) in [5, 5.41) is 96.0. The average molecular weight is 1150 g/mol. The first-order valence-corrected chi connectivity index (χ1v) is 29.0. The van der Waals surface area contributed by atoms with Gasteiger partial charge >= 0.3 is 5.97 Å². The van der Waals surface area contributed by atoms with Crippen molar-refractivity contribution < 1.29 is 117 Å². The van der Waals surface area contributed by atoms with Gasteiger partial charge in [-0.1, -0.05) is 25.5 Å². The summed E-state index contributed by atoms with van der Waals surface area (Å²) >= 11 is 0. The molecule has 32 atom stereocenters. The number of aliphatic hydroxyl groups is 9. The Morgan fingerprint density at radius 3 is 1.91 bits per heavy atom. The average Bonchev–Trinajstić information content (AvgIpc) is 4.02. The summed E-state index contributed by atoms with van der Waals surface area (Å²) in [7, 11) is 4.47. The van der Waals surface area contributed by atoms with Crippen molar-refractivity contribution in [1.29, 1.82) is 0 Å². The van der Waals surface area contributed by atoms with E-state index in [-0.39, 0.29) is 29.0 Å². The van der Waals surface area contributed by atoms with Crippen LogP contribution in [0.25, 0.3) is 0 Å². The molecule has 80 heavy (non-hydrogen) atoms. The van der Waals surface area contributed by atoms with E-state index >= 15 is 0 Å². The number of esters is 1. The minimum absolute atomic E-state index is 0.00929. The van der Waals surface area contributed by atoms with Gasteiger partial charge in [0, 0.05) is 34.7 Å². The highest BCUT2D eigenvalue weighted by atomic mass is 16.8. The van der Waals surface area contributed by atoms with Crippen LogP contribution in [0.1, 0.15) is 106 Å². The standard InChI is InChI=1S/C56H92O24/c1-23(72-53-50(48(69-10)39(60)24(2)73-53)80-52-45(66)43(64)41(62)36(78-52)22-70-51-44(65)42(63)40(61)35(21-57)77-51)31-13-14-32-30-12-11-28-19-29(15-17-55(28,6)33(30)16-18-56(31,32)7)76-37-20-34(67-8)46(26(4)71-37)79-54-49(75-27(5)58)47(68-9)38(59)25(3)74-54/h11,23-26,29-54,57,59-66H,12-22H2,1-10H3/t23-,24-,25-,26-,29+,30+,31-,32-,33+,34+,35-,36+,37+,38-,39+,40-,41-,42+,43+,44-,45-,46-,47+,48+,49-,50-,51-,52+,53-,54+,55+,56-/m1/s1.